The van der Waals surface area contributed by atoms with Gasteiger partial charge in [-0.3, -0.25) is 4.98 Å². The lowest BCUT2D eigenvalue weighted by atomic mass is 10.3. The van der Waals surface area contributed by atoms with Gasteiger partial charge in [0.15, 0.2) is 0 Å². The molecule has 0 bridgehead atoms. The molecular weight excluding hydrogens is 386 g/mol. The van der Waals surface area contributed by atoms with Gasteiger partial charge in [0.25, 0.3) is 0 Å². The van der Waals surface area contributed by atoms with Crippen LogP contribution in [-0.4, -0.2) is 39.2 Å². The summed E-state index contributed by atoms with van der Waals surface area (Å²) in [6, 6.07) is 8.43. The molecule has 1 aromatic carbocycles. The minimum absolute atomic E-state index is 0.0418. The van der Waals surface area contributed by atoms with Crippen LogP contribution in [0.1, 0.15) is 5.69 Å². The molecule has 3 aromatic rings. The smallest absolute Gasteiger partial charge is 0.244 e. The molecule has 0 unspecified atom stereocenters. The maximum atomic E-state index is 12.6. The number of pyridine rings is 1. The van der Waals surface area contributed by atoms with Crippen LogP contribution in [-0.2, 0) is 16.4 Å². The van der Waals surface area contributed by atoms with E-state index in [9.17, 15) is 8.42 Å². The number of methoxy groups -OCH3 is 2. The Hall–Kier alpha value is -2.49. The van der Waals surface area contributed by atoms with Crippen LogP contribution >= 0.6 is 11.3 Å². The second kappa shape index (κ2) is 8.47. The first-order chi connectivity index (χ1) is 13.0. The van der Waals surface area contributed by atoms with Gasteiger partial charge in [-0.25, -0.2) is 18.1 Å². The number of nitrogens with zero attached hydrogens (tertiary/aromatic N) is 2. The third kappa shape index (κ3) is 4.62. The Balaban J connectivity index is 1.67. The van der Waals surface area contributed by atoms with Gasteiger partial charge >= 0.3 is 0 Å². The van der Waals surface area contributed by atoms with E-state index in [1.165, 1.54) is 31.6 Å². The van der Waals surface area contributed by atoms with Crippen LogP contribution in [0.2, 0.25) is 0 Å². The molecule has 0 spiro atoms. The lowest BCUT2D eigenvalue weighted by molar-refractivity contribution is 0.392. The normalized spacial score (nSPS) is 11.3. The molecule has 0 saturated heterocycles. The molecule has 7 nitrogen and oxygen atoms in total. The molecule has 142 valence electrons. The average Bonchev–Trinajstić information content (AvgIpc) is 3.17. The minimum atomic E-state index is -3.74. The van der Waals surface area contributed by atoms with Crippen LogP contribution < -0.4 is 14.2 Å². The summed E-state index contributed by atoms with van der Waals surface area (Å²) in [6.45, 7) is 0.224. The fraction of sp³-hybridized carbons (Fsp3) is 0.222. The Kier molecular flexibility index (Phi) is 6.04. The number of aromatic nitrogens is 2. The molecule has 0 radical (unpaired) electrons. The fourth-order valence-electron chi connectivity index (χ4n) is 2.43. The van der Waals surface area contributed by atoms with E-state index < -0.39 is 10.0 Å². The van der Waals surface area contributed by atoms with Crippen LogP contribution in [0.3, 0.4) is 0 Å². The van der Waals surface area contributed by atoms with Crippen molar-refractivity contribution in [2.24, 2.45) is 0 Å². The van der Waals surface area contributed by atoms with Crippen LogP contribution in [0.5, 0.6) is 11.5 Å². The lowest BCUT2D eigenvalue weighted by Crippen LogP contribution is -2.26. The monoisotopic (exact) mass is 405 g/mol. The minimum Gasteiger partial charge on any atom is -0.497 e. The second-order valence-corrected chi connectivity index (χ2v) is 8.14. The van der Waals surface area contributed by atoms with E-state index >= 15 is 0 Å². The largest absolute Gasteiger partial charge is 0.497 e. The zero-order chi connectivity index (χ0) is 19.3. The lowest BCUT2D eigenvalue weighted by Gasteiger charge is -2.11. The first-order valence-electron chi connectivity index (χ1n) is 8.10. The number of nitrogens with one attached hydrogen (secondary N) is 1. The zero-order valence-corrected chi connectivity index (χ0v) is 16.5. The summed E-state index contributed by atoms with van der Waals surface area (Å²) in [5.74, 6) is 0.703. The van der Waals surface area contributed by atoms with Crippen LogP contribution in [0.4, 0.5) is 0 Å². The molecule has 0 aliphatic rings. The third-order valence-electron chi connectivity index (χ3n) is 3.81. The number of rotatable bonds is 8. The van der Waals surface area contributed by atoms with E-state index in [1.807, 2.05) is 17.5 Å². The predicted molar refractivity (Wildman–Crippen MR) is 104 cm³/mol. The molecule has 0 aliphatic carbocycles. The molecule has 1 N–H and O–H groups in total. The molecule has 27 heavy (non-hydrogen) atoms. The molecule has 3 rings (SSSR count). The summed E-state index contributed by atoms with van der Waals surface area (Å²) in [7, 11) is -0.831. The Bertz CT molecular complexity index is 1000. The van der Waals surface area contributed by atoms with Crippen molar-refractivity contribution >= 4 is 21.4 Å². The van der Waals surface area contributed by atoms with Crippen LogP contribution in [0.15, 0.2) is 53.0 Å². The van der Waals surface area contributed by atoms with E-state index in [0.717, 1.165) is 16.3 Å². The van der Waals surface area contributed by atoms with Gasteiger partial charge in [0.1, 0.15) is 21.4 Å². The fourth-order valence-corrected chi connectivity index (χ4v) is 4.51. The Morgan fingerprint density at radius 1 is 1.11 bits per heavy atom. The Labute approximate surface area is 162 Å². The van der Waals surface area contributed by atoms with Crippen molar-refractivity contribution in [1.82, 2.24) is 14.7 Å². The Morgan fingerprint density at radius 3 is 2.59 bits per heavy atom. The molecule has 2 aromatic heterocycles. The maximum absolute atomic E-state index is 12.6. The summed E-state index contributed by atoms with van der Waals surface area (Å²) in [6.07, 6.45) is 3.91. The van der Waals surface area contributed by atoms with E-state index in [1.54, 1.807) is 24.5 Å². The highest BCUT2D eigenvalue weighted by Gasteiger charge is 2.20. The number of sulfonamides is 1. The van der Waals surface area contributed by atoms with E-state index in [0.29, 0.717) is 12.2 Å². The van der Waals surface area contributed by atoms with Gasteiger partial charge in [-0.15, -0.1) is 11.3 Å². The van der Waals surface area contributed by atoms with Crippen LogP contribution in [0.25, 0.3) is 10.6 Å². The van der Waals surface area contributed by atoms with Gasteiger partial charge in [0.05, 0.1) is 19.9 Å². The van der Waals surface area contributed by atoms with Gasteiger partial charge in [0.2, 0.25) is 10.0 Å². The number of thiazole rings is 1. The number of hydrogen-bond acceptors (Lipinski definition) is 7. The molecule has 0 amide bonds. The van der Waals surface area contributed by atoms with E-state index in [-0.39, 0.29) is 17.2 Å². The molecule has 9 heteroatoms. The van der Waals surface area contributed by atoms with Crippen molar-refractivity contribution in [3.8, 4) is 22.1 Å². The summed E-state index contributed by atoms with van der Waals surface area (Å²) < 4.78 is 38.1. The standard InChI is InChI=1S/C18H19N3O4S2/c1-24-15-3-4-16(25-2)17(11-15)27(22,23)20-10-7-14-12-26-18(21-14)13-5-8-19-9-6-13/h3-6,8-9,11-12,20H,7,10H2,1-2H3. The molecule has 0 atom stereocenters. The van der Waals surface area contributed by atoms with E-state index in [4.69, 9.17) is 9.47 Å². The van der Waals surface area contributed by atoms with Crippen molar-refractivity contribution in [1.29, 1.82) is 0 Å². The molecule has 0 fully saturated rings. The maximum Gasteiger partial charge on any atom is 0.244 e. The SMILES string of the molecule is COc1ccc(OC)c(S(=O)(=O)NCCc2csc(-c3ccncc3)n2)c1. The first-order valence-corrected chi connectivity index (χ1v) is 10.5. The summed E-state index contributed by atoms with van der Waals surface area (Å²) >= 11 is 1.52. The number of ether oxygens (including phenoxy) is 2. The third-order valence-corrected chi connectivity index (χ3v) is 6.23. The van der Waals surface area contributed by atoms with Crippen LogP contribution in [0, 0.1) is 0 Å². The van der Waals surface area contributed by atoms with Crippen molar-refractivity contribution in [3.05, 3.63) is 53.8 Å². The average molecular weight is 406 g/mol. The van der Waals surface area contributed by atoms with E-state index in [2.05, 4.69) is 14.7 Å². The molecular formula is C18H19N3O4S2. The van der Waals surface area contributed by atoms with Gasteiger partial charge in [-0.1, -0.05) is 0 Å². The van der Waals surface area contributed by atoms with Crippen molar-refractivity contribution < 1.29 is 17.9 Å². The molecule has 0 aliphatic heterocycles. The summed E-state index contributed by atoms with van der Waals surface area (Å²) in [4.78, 5) is 8.58. The molecule has 0 saturated carbocycles. The van der Waals surface area contributed by atoms with Crippen molar-refractivity contribution in [3.63, 3.8) is 0 Å². The first kappa shape index (κ1) is 19.3. The summed E-state index contributed by atoms with van der Waals surface area (Å²) in [5, 5.41) is 2.81. The highest BCUT2D eigenvalue weighted by molar-refractivity contribution is 7.89. The van der Waals surface area contributed by atoms with Gasteiger partial charge < -0.3 is 9.47 Å². The van der Waals surface area contributed by atoms with Gasteiger partial charge in [0, 0.05) is 42.4 Å². The zero-order valence-electron chi connectivity index (χ0n) is 14.9. The Morgan fingerprint density at radius 2 is 1.89 bits per heavy atom. The van der Waals surface area contributed by atoms with Crippen molar-refractivity contribution in [2.45, 2.75) is 11.3 Å². The van der Waals surface area contributed by atoms with Gasteiger partial charge in [-0.2, -0.15) is 0 Å². The quantitative estimate of drug-likeness (QED) is 0.620. The van der Waals surface area contributed by atoms with Gasteiger partial charge in [-0.05, 0) is 24.3 Å². The predicted octanol–water partition coefficient (Wildman–Crippen LogP) is 2.74. The highest BCUT2D eigenvalue weighted by Crippen LogP contribution is 2.28. The number of hydrogen-bond donors (Lipinski definition) is 1. The number of benzene rings is 1. The highest BCUT2D eigenvalue weighted by atomic mass is 32.2. The summed E-state index contributed by atoms with van der Waals surface area (Å²) in [5.41, 5.74) is 1.81. The topological polar surface area (TPSA) is 90.4 Å². The van der Waals surface area contributed by atoms with Crippen molar-refractivity contribution in [2.75, 3.05) is 20.8 Å². The second-order valence-electron chi connectivity index (χ2n) is 5.54. The molecule has 2 heterocycles.